The highest BCUT2D eigenvalue weighted by Gasteiger charge is 2.15. The zero-order valence-electron chi connectivity index (χ0n) is 11.3. The fourth-order valence-corrected chi connectivity index (χ4v) is 1.78. The van der Waals surface area contributed by atoms with Crippen LogP contribution in [0.3, 0.4) is 0 Å². The van der Waals surface area contributed by atoms with Crippen molar-refractivity contribution in [3.05, 3.63) is 18.2 Å². The fourth-order valence-electron chi connectivity index (χ4n) is 1.78. The van der Waals surface area contributed by atoms with Gasteiger partial charge in [0, 0.05) is 19.7 Å². The number of carboxylic acids is 1. The van der Waals surface area contributed by atoms with Gasteiger partial charge in [-0.05, 0) is 12.1 Å². The molecule has 2 N–H and O–H groups in total. The molecule has 0 aliphatic rings. The Balaban J connectivity index is 2.84. The van der Waals surface area contributed by atoms with Gasteiger partial charge in [-0.25, -0.2) is 0 Å². The lowest BCUT2D eigenvalue weighted by Gasteiger charge is -2.24. The van der Waals surface area contributed by atoms with E-state index in [-0.39, 0.29) is 13.0 Å². The standard InChI is InChI=1S/C13H19NO5/c1-14(8-9(15)6-13(16)17)11-7-10(18-2)4-5-12(11)19-3/h4-5,7,9,15H,6,8H2,1-3H3,(H,16,17). The van der Waals surface area contributed by atoms with Gasteiger partial charge in [-0.2, -0.15) is 0 Å². The van der Waals surface area contributed by atoms with Crippen molar-refractivity contribution in [2.45, 2.75) is 12.5 Å². The second-order valence-corrected chi connectivity index (χ2v) is 4.17. The van der Waals surface area contributed by atoms with Crippen LogP contribution in [0.5, 0.6) is 11.5 Å². The van der Waals surface area contributed by atoms with Crippen molar-refractivity contribution >= 4 is 11.7 Å². The summed E-state index contributed by atoms with van der Waals surface area (Å²) in [7, 11) is 4.86. The molecule has 0 aromatic heterocycles. The minimum atomic E-state index is -1.03. The van der Waals surface area contributed by atoms with Crippen LogP contribution in [-0.2, 0) is 4.79 Å². The number of aliphatic carboxylic acids is 1. The molecule has 0 radical (unpaired) electrons. The third kappa shape index (κ3) is 4.33. The highest BCUT2D eigenvalue weighted by molar-refractivity contribution is 5.67. The molecule has 0 bridgehead atoms. The summed E-state index contributed by atoms with van der Waals surface area (Å²) in [6.07, 6.45) is -1.24. The van der Waals surface area contributed by atoms with E-state index in [2.05, 4.69) is 0 Å². The van der Waals surface area contributed by atoms with Gasteiger partial charge >= 0.3 is 5.97 Å². The zero-order valence-corrected chi connectivity index (χ0v) is 11.3. The smallest absolute Gasteiger partial charge is 0.306 e. The molecule has 19 heavy (non-hydrogen) atoms. The molecule has 0 aliphatic carbocycles. The Hall–Kier alpha value is -1.95. The Labute approximate surface area is 112 Å². The maximum Gasteiger partial charge on any atom is 0.306 e. The molecule has 0 aliphatic heterocycles. The molecule has 6 nitrogen and oxygen atoms in total. The van der Waals surface area contributed by atoms with E-state index in [0.717, 1.165) is 5.69 Å². The quantitative estimate of drug-likeness (QED) is 0.768. The first-order valence-electron chi connectivity index (χ1n) is 5.81. The summed E-state index contributed by atoms with van der Waals surface area (Å²) in [6, 6.07) is 5.30. The van der Waals surface area contributed by atoms with Crippen LogP contribution in [0.15, 0.2) is 18.2 Å². The van der Waals surface area contributed by atoms with E-state index in [1.165, 1.54) is 0 Å². The van der Waals surface area contributed by atoms with Crippen molar-refractivity contribution in [1.82, 2.24) is 0 Å². The van der Waals surface area contributed by atoms with E-state index in [4.69, 9.17) is 14.6 Å². The summed E-state index contributed by atoms with van der Waals surface area (Å²) < 4.78 is 10.4. The van der Waals surface area contributed by atoms with Crippen LogP contribution in [0.2, 0.25) is 0 Å². The van der Waals surface area contributed by atoms with Crippen LogP contribution in [0.1, 0.15) is 6.42 Å². The van der Waals surface area contributed by atoms with Crippen LogP contribution >= 0.6 is 0 Å². The molecule has 106 valence electrons. The van der Waals surface area contributed by atoms with Gasteiger partial charge in [-0.3, -0.25) is 4.79 Å². The maximum absolute atomic E-state index is 10.5. The Morgan fingerprint density at radius 3 is 2.58 bits per heavy atom. The predicted octanol–water partition coefficient (Wildman–Crippen LogP) is 0.976. The van der Waals surface area contributed by atoms with Crippen molar-refractivity contribution in [2.75, 3.05) is 32.7 Å². The lowest BCUT2D eigenvalue weighted by Crippen LogP contribution is -2.30. The molecule has 1 rings (SSSR count). The van der Waals surface area contributed by atoms with Crippen LogP contribution in [0.25, 0.3) is 0 Å². The SMILES string of the molecule is COc1ccc(OC)c(N(C)CC(O)CC(=O)O)c1. The summed E-state index contributed by atoms with van der Waals surface area (Å²) >= 11 is 0. The zero-order chi connectivity index (χ0) is 14.4. The molecule has 1 aromatic carbocycles. The van der Waals surface area contributed by atoms with E-state index in [1.54, 1.807) is 44.4 Å². The van der Waals surface area contributed by atoms with Crippen LogP contribution in [-0.4, -0.2) is 50.1 Å². The van der Waals surface area contributed by atoms with Crippen molar-refractivity contribution in [3.8, 4) is 11.5 Å². The first-order valence-corrected chi connectivity index (χ1v) is 5.81. The number of rotatable bonds is 7. The number of hydrogen-bond acceptors (Lipinski definition) is 5. The van der Waals surface area contributed by atoms with Crippen LogP contribution < -0.4 is 14.4 Å². The van der Waals surface area contributed by atoms with E-state index in [1.807, 2.05) is 0 Å². The van der Waals surface area contributed by atoms with Crippen molar-refractivity contribution in [1.29, 1.82) is 0 Å². The number of aliphatic hydroxyl groups is 1. The Bertz CT molecular complexity index is 435. The Morgan fingerprint density at radius 1 is 1.37 bits per heavy atom. The van der Waals surface area contributed by atoms with Crippen molar-refractivity contribution in [3.63, 3.8) is 0 Å². The van der Waals surface area contributed by atoms with Crippen LogP contribution in [0.4, 0.5) is 5.69 Å². The molecule has 1 atom stereocenters. The summed E-state index contributed by atoms with van der Waals surface area (Å²) in [6.45, 7) is 0.190. The number of ether oxygens (including phenoxy) is 2. The van der Waals surface area contributed by atoms with Gasteiger partial charge in [0.2, 0.25) is 0 Å². The number of benzene rings is 1. The van der Waals surface area contributed by atoms with Crippen molar-refractivity contribution in [2.24, 2.45) is 0 Å². The van der Waals surface area contributed by atoms with E-state index < -0.39 is 12.1 Å². The van der Waals surface area contributed by atoms with E-state index >= 15 is 0 Å². The number of nitrogens with zero attached hydrogens (tertiary/aromatic N) is 1. The Kier molecular flexibility index (Phi) is 5.44. The minimum absolute atomic E-state index is 0.190. The highest BCUT2D eigenvalue weighted by Crippen LogP contribution is 2.31. The average molecular weight is 269 g/mol. The molecule has 0 amide bonds. The van der Waals surface area contributed by atoms with Gasteiger partial charge < -0.3 is 24.6 Å². The number of likely N-dealkylation sites (N-methyl/N-ethyl adjacent to an activating group) is 1. The van der Waals surface area contributed by atoms with Gasteiger partial charge in [0.25, 0.3) is 0 Å². The summed E-state index contributed by atoms with van der Waals surface area (Å²) in [5.41, 5.74) is 0.728. The third-order valence-corrected chi connectivity index (χ3v) is 2.69. The number of aliphatic hydroxyl groups excluding tert-OH is 1. The number of anilines is 1. The van der Waals surface area contributed by atoms with Gasteiger partial charge in [0.1, 0.15) is 11.5 Å². The Morgan fingerprint density at radius 2 is 2.05 bits per heavy atom. The van der Waals surface area contributed by atoms with E-state index in [0.29, 0.717) is 11.5 Å². The molecule has 0 heterocycles. The summed E-state index contributed by atoms with van der Waals surface area (Å²) in [4.78, 5) is 12.3. The highest BCUT2D eigenvalue weighted by atomic mass is 16.5. The minimum Gasteiger partial charge on any atom is -0.497 e. The topological polar surface area (TPSA) is 79.2 Å². The van der Waals surface area contributed by atoms with Gasteiger partial charge in [-0.1, -0.05) is 0 Å². The molecule has 0 fully saturated rings. The maximum atomic E-state index is 10.5. The molecule has 0 saturated heterocycles. The second-order valence-electron chi connectivity index (χ2n) is 4.17. The molecular formula is C13H19NO5. The van der Waals surface area contributed by atoms with Gasteiger partial charge in [0.15, 0.2) is 0 Å². The summed E-state index contributed by atoms with van der Waals surface area (Å²) in [5, 5.41) is 18.3. The predicted molar refractivity (Wildman–Crippen MR) is 71.1 cm³/mol. The number of hydrogen-bond donors (Lipinski definition) is 2. The van der Waals surface area contributed by atoms with Gasteiger partial charge in [0.05, 0.1) is 32.4 Å². The second kappa shape index (κ2) is 6.84. The molecule has 1 unspecified atom stereocenters. The number of carbonyl (C=O) groups is 1. The normalized spacial score (nSPS) is 11.8. The molecule has 6 heteroatoms. The first-order chi connectivity index (χ1) is 8.97. The van der Waals surface area contributed by atoms with Crippen molar-refractivity contribution < 1.29 is 24.5 Å². The number of carboxylic acid groups (broad SMARTS) is 1. The lowest BCUT2D eigenvalue weighted by atomic mass is 10.2. The lowest BCUT2D eigenvalue weighted by molar-refractivity contribution is -0.139. The van der Waals surface area contributed by atoms with E-state index in [9.17, 15) is 9.90 Å². The fraction of sp³-hybridized carbons (Fsp3) is 0.462. The molecule has 0 saturated carbocycles. The monoisotopic (exact) mass is 269 g/mol. The first kappa shape index (κ1) is 15.1. The number of methoxy groups -OCH3 is 2. The molecular weight excluding hydrogens is 250 g/mol. The molecule has 0 spiro atoms. The molecule has 1 aromatic rings. The largest absolute Gasteiger partial charge is 0.497 e. The average Bonchev–Trinajstić information content (AvgIpc) is 2.36. The summed E-state index contributed by atoms with van der Waals surface area (Å²) in [5.74, 6) is 0.264. The third-order valence-electron chi connectivity index (χ3n) is 2.69. The van der Waals surface area contributed by atoms with Crippen LogP contribution in [0, 0.1) is 0 Å². The van der Waals surface area contributed by atoms with Gasteiger partial charge in [-0.15, -0.1) is 0 Å².